The highest BCUT2D eigenvalue weighted by Gasteiger charge is 2.07. The van der Waals surface area contributed by atoms with Gasteiger partial charge in [0.2, 0.25) is 0 Å². The molecule has 0 saturated carbocycles. The molecule has 1 heterocycles. The summed E-state index contributed by atoms with van der Waals surface area (Å²) < 4.78 is 13.1. The Morgan fingerprint density at radius 3 is 2.60 bits per heavy atom. The van der Waals surface area contributed by atoms with Gasteiger partial charge in [-0.2, -0.15) is 0 Å². The maximum Gasteiger partial charge on any atom is 0.145 e. The van der Waals surface area contributed by atoms with Gasteiger partial charge in [0.1, 0.15) is 5.82 Å². The van der Waals surface area contributed by atoms with E-state index in [-0.39, 0.29) is 5.02 Å². The molecule has 15 heavy (non-hydrogen) atoms. The first-order chi connectivity index (χ1) is 7.27. The van der Waals surface area contributed by atoms with Crippen LogP contribution >= 0.6 is 11.6 Å². The first-order valence-electron chi connectivity index (χ1n) is 4.47. The van der Waals surface area contributed by atoms with E-state index in [1.54, 1.807) is 6.42 Å². The zero-order chi connectivity index (χ0) is 10.7. The second-order valence-corrected chi connectivity index (χ2v) is 3.42. The van der Waals surface area contributed by atoms with Crippen molar-refractivity contribution in [1.29, 1.82) is 0 Å². The third kappa shape index (κ3) is 2.34. The molecule has 0 unspecified atom stereocenters. The van der Waals surface area contributed by atoms with Gasteiger partial charge in [-0.1, -0.05) is 41.9 Å². The molecule has 1 aromatic heterocycles. The molecule has 2 aromatic rings. The SMILES string of the molecule is Fc1ccnc([CH]c2ccccc2)c1Cl. The number of nitrogens with zero attached hydrogens (tertiary/aromatic N) is 1. The third-order valence-electron chi connectivity index (χ3n) is 1.97. The zero-order valence-electron chi connectivity index (χ0n) is 7.82. The molecule has 75 valence electrons. The van der Waals surface area contributed by atoms with E-state index in [1.807, 2.05) is 30.3 Å². The fraction of sp³-hybridized carbons (Fsp3) is 0. The molecule has 0 spiro atoms. The van der Waals surface area contributed by atoms with Crippen LogP contribution in [0.3, 0.4) is 0 Å². The van der Waals surface area contributed by atoms with Gasteiger partial charge in [-0.05, 0) is 11.6 Å². The van der Waals surface area contributed by atoms with Gasteiger partial charge in [0, 0.05) is 12.6 Å². The van der Waals surface area contributed by atoms with Gasteiger partial charge in [0.15, 0.2) is 0 Å². The molecule has 0 atom stereocenters. The molecule has 0 aliphatic carbocycles. The van der Waals surface area contributed by atoms with Crippen LogP contribution in [0.2, 0.25) is 5.02 Å². The van der Waals surface area contributed by atoms with Crippen molar-refractivity contribution in [3.05, 3.63) is 71.1 Å². The normalized spacial score (nSPS) is 10.3. The highest BCUT2D eigenvalue weighted by atomic mass is 35.5. The van der Waals surface area contributed by atoms with Crippen molar-refractivity contribution >= 4 is 11.6 Å². The average Bonchev–Trinajstić information content (AvgIpc) is 2.26. The Morgan fingerprint density at radius 2 is 1.87 bits per heavy atom. The molecule has 0 aliphatic rings. The summed E-state index contributed by atoms with van der Waals surface area (Å²) in [4.78, 5) is 4.01. The number of rotatable bonds is 2. The summed E-state index contributed by atoms with van der Waals surface area (Å²) in [6, 6.07) is 10.8. The number of halogens is 2. The molecule has 3 heteroatoms. The van der Waals surface area contributed by atoms with Gasteiger partial charge in [0.05, 0.1) is 10.7 Å². The Kier molecular flexibility index (Phi) is 2.97. The van der Waals surface area contributed by atoms with Crippen LogP contribution in [0, 0.1) is 12.2 Å². The van der Waals surface area contributed by atoms with Crippen molar-refractivity contribution in [2.24, 2.45) is 0 Å². The Bertz CT molecular complexity index is 456. The lowest BCUT2D eigenvalue weighted by Crippen LogP contribution is -1.92. The van der Waals surface area contributed by atoms with Gasteiger partial charge in [0.25, 0.3) is 0 Å². The second-order valence-electron chi connectivity index (χ2n) is 3.05. The van der Waals surface area contributed by atoms with Crippen LogP contribution in [0.5, 0.6) is 0 Å². The summed E-state index contributed by atoms with van der Waals surface area (Å²) in [6.07, 6.45) is 3.14. The van der Waals surface area contributed by atoms with Crippen LogP contribution in [0.1, 0.15) is 11.3 Å². The predicted molar refractivity (Wildman–Crippen MR) is 58.2 cm³/mol. The third-order valence-corrected chi connectivity index (χ3v) is 2.35. The summed E-state index contributed by atoms with van der Waals surface area (Å²) in [5.41, 5.74) is 1.39. The van der Waals surface area contributed by atoms with Crippen molar-refractivity contribution in [3.8, 4) is 0 Å². The quantitative estimate of drug-likeness (QED) is 0.755. The van der Waals surface area contributed by atoms with Gasteiger partial charge in [-0.25, -0.2) is 4.39 Å². The summed E-state index contributed by atoms with van der Waals surface area (Å²) in [7, 11) is 0. The van der Waals surface area contributed by atoms with Crippen LogP contribution in [0.4, 0.5) is 4.39 Å². The minimum Gasteiger partial charge on any atom is -0.259 e. The average molecular weight is 221 g/mol. The highest BCUT2D eigenvalue weighted by Crippen LogP contribution is 2.21. The molecule has 0 fully saturated rings. The lowest BCUT2D eigenvalue weighted by Gasteiger charge is -2.03. The smallest absolute Gasteiger partial charge is 0.145 e. The molecular formula is C12H8ClFN. The molecule has 0 aliphatic heterocycles. The maximum absolute atomic E-state index is 13.1. The van der Waals surface area contributed by atoms with Crippen molar-refractivity contribution in [1.82, 2.24) is 4.98 Å². The van der Waals surface area contributed by atoms with Gasteiger partial charge < -0.3 is 0 Å². The monoisotopic (exact) mass is 220 g/mol. The Morgan fingerprint density at radius 1 is 1.13 bits per heavy atom. The molecule has 0 saturated heterocycles. The van der Waals surface area contributed by atoms with Crippen LogP contribution < -0.4 is 0 Å². The minimum atomic E-state index is -0.450. The van der Waals surface area contributed by atoms with Crippen LogP contribution in [0.15, 0.2) is 42.6 Å². The van der Waals surface area contributed by atoms with E-state index in [0.717, 1.165) is 5.56 Å². The number of aromatic nitrogens is 1. The number of hydrogen-bond acceptors (Lipinski definition) is 1. The topological polar surface area (TPSA) is 12.9 Å². The van der Waals surface area contributed by atoms with E-state index >= 15 is 0 Å². The number of pyridine rings is 1. The first kappa shape index (κ1) is 10.1. The van der Waals surface area contributed by atoms with Crippen LogP contribution in [-0.2, 0) is 0 Å². The van der Waals surface area contributed by atoms with E-state index in [0.29, 0.717) is 5.69 Å². The standard InChI is InChI=1S/C12H8ClFN/c13-12-10(14)6-7-15-11(12)8-9-4-2-1-3-5-9/h1-8H. The lowest BCUT2D eigenvalue weighted by molar-refractivity contribution is 0.624. The first-order valence-corrected chi connectivity index (χ1v) is 4.85. The highest BCUT2D eigenvalue weighted by molar-refractivity contribution is 6.31. The van der Waals surface area contributed by atoms with Crippen LogP contribution in [0.25, 0.3) is 0 Å². The van der Waals surface area contributed by atoms with Crippen molar-refractivity contribution in [2.45, 2.75) is 0 Å². The molecule has 2 rings (SSSR count). The largest absolute Gasteiger partial charge is 0.259 e. The molecular weight excluding hydrogens is 213 g/mol. The fourth-order valence-electron chi connectivity index (χ4n) is 1.24. The minimum absolute atomic E-state index is 0.0568. The lowest BCUT2D eigenvalue weighted by atomic mass is 10.1. The second kappa shape index (κ2) is 4.41. The summed E-state index contributed by atoms with van der Waals surface area (Å²) >= 11 is 5.77. The fourth-order valence-corrected chi connectivity index (χ4v) is 1.41. The zero-order valence-corrected chi connectivity index (χ0v) is 8.58. The van der Waals surface area contributed by atoms with Gasteiger partial charge in [-0.3, -0.25) is 4.98 Å². The summed E-state index contributed by atoms with van der Waals surface area (Å²) in [6.45, 7) is 0. The van der Waals surface area contributed by atoms with Gasteiger partial charge in [-0.15, -0.1) is 0 Å². The van der Waals surface area contributed by atoms with Crippen molar-refractivity contribution < 1.29 is 4.39 Å². The van der Waals surface area contributed by atoms with E-state index in [9.17, 15) is 4.39 Å². The summed E-state index contributed by atoms with van der Waals surface area (Å²) in [5, 5.41) is 0.0568. The molecule has 0 bridgehead atoms. The van der Waals surface area contributed by atoms with E-state index in [2.05, 4.69) is 4.98 Å². The van der Waals surface area contributed by atoms with Crippen molar-refractivity contribution in [2.75, 3.05) is 0 Å². The Labute approximate surface area is 92.5 Å². The van der Waals surface area contributed by atoms with E-state index in [1.165, 1.54) is 12.3 Å². The predicted octanol–water partition coefficient (Wildman–Crippen LogP) is 3.47. The summed E-state index contributed by atoms with van der Waals surface area (Å²) in [5.74, 6) is -0.450. The Balaban J connectivity index is 2.29. The molecule has 1 aromatic carbocycles. The molecule has 1 nitrogen and oxygen atoms in total. The van der Waals surface area contributed by atoms with Crippen molar-refractivity contribution in [3.63, 3.8) is 0 Å². The molecule has 1 radical (unpaired) electrons. The van der Waals surface area contributed by atoms with E-state index in [4.69, 9.17) is 11.6 Å². The molecule has 0 N–H and O–H groups in total. The maximum atomic E-state index is 13.1. The molecule has 0 amide bonds. The Hall–Kier alpha value is -1.41. The number of hydrogen-bond donors (Lipinski definition) is 0. The van der Waals surface area contributed by atoms with E-state index < -0.39 is 5.82 Å². The van der Waals surface area contributed by atoms with Crippen LogP contribution in [-0.4, -0.2) is 4.98 Å². The number of benzene rings is 1. The van der Waals surface area contributed by atoms with Gasteiger partial charge >= 0.3 is 0 Å².